The van der Waals surface area contributed by atoms with Crippen LogP contribution in [0.2, 0.25) is 0 Å². The van der Waals surface area contributed by atoms with Gasteiger partial charge in [-0.15, -0.1) is 0 Å². The third kappa shape index (κ3) is 1.74. The fourth-order valence-electron chi connectivity index (χ4n) is 0.809. The van der Waals surface area contributed by atoms with Crippen molar-refractivity contribution in [2.45, 2.75) is 6.42 Å². The van der Waals surface area contributed by atoms with Crippen LogP contribution in [0.3, 0.4) is 0 Å². The Morgan fingerprint density at radius 1 is 1.50 bits per heavy atom. The summed E-state index contributed by atoms with van der Waals surface area (Å²) in [5.41, 5.74) is 6.54. The van der Waals surface area contributed by atoms with Crippen LogP contribution >= 0.6 is 0 Å². The smallest absolute Gasteiger partial charge is 0.115 e. The molecule has 0 unspecified atom stereocenters. The summed E-state index contributed by atoms with van der Waals surface area (Å²) >= 11 is 0. The quantitative estimate of drug-likeness (QED) is 0.571. The molecule has 0 amide bonds. The van der Waals surface area contributed by atoms with Crippen LogP contribution in [0.15, 0.2) is 35.6 Å². The number of rotatable bonds is 1. The second-order valence-electron chi connectivity index (χ2n) is 2.23. The van der Waals surface area contributed by atoms with E-state index in [4.69, 9.17) is 10.8 Å². The van der Waals surface area contributed by atoms with Gasteiger partial charge in [0.15, 0.2) is 0 Å². The third-order valence-corrected chi connectivity index (χ3v) is 1.42. The van der Waals surface area contributed by atoms with E-state index in [9.17, 15) is 0 Å². The highest BCUT2D eigenvalue weighted by Crippen LogP contribution is 2.07. The maximum absolute atomic E-state index is 8.99. The van der Waals surface area contributed by atoms with Crippen molar-refractivity contribution >= 4 is 0 Å². The Hall–Kier alpha value is -1.02. The summed E-state index contributed by atoms with van der Waals surface area (Å²) < 4.78 is 0. The maximum Gasteiger partial charge on any atom is 0.115 e. The molecule has 1 aliphatic rings. The molecule has 2 nitrogen and oxygen atoms in total. The van der Waals surface area contributed by atoms with Crippen LogP contribution in [-0.4, -0.2) is 11.7 Å². The zero-order chi connectivity index (χ0) is 7.40. The van der Waals surface area contributed by atoms with Gasteiger partial charge >= 0.3 is 0 Å². The topological polar surface area (TPSA) is 46.2 Å². The number of hydrogen-bond donors (Lipinski definition) is 2. The van der Waals surface area contributed by atoms with Crippen molar-refractivity contribution in [1.29, 1.82) is 0 Å². The molecule has 0 aromatic heterocycles. The molecule has 54 valence electrons. The van der Waals surface area contributed by atoms with E-state index < -0.39 is 0 Å². The highest BCUT2D eigenvalue weighted by Gasteiger charge is 1.94. The maximum atomic E-state index is 8.99. The van der Waals surface area contributed by atoms with Gasteiger partial charge in [-0.3, -0.25) is 0 Å². The Bertz CT molecular complexity index is 201. The average Bonchev–Trinajstić information content (AvgIpc) is 2.14. The molecule has 1 aliphatic carbocycles. The van der Waals surface area contributed by atoms with Crippen molar-refractivity contribution < 1.29 is 5.11 Å². The largest absolute Gasteiger partial charge is 0.508 e. The minimum Gasteiger partial charge on any atom is -0.508 e. The lowest BCUT2D eigenvalue weighted by atomic mass is 10.2. The van der Waals surface area contributed by atoms with Gasteiger partial charge in [-0.05, 0) is 18.6 Å². The molecule has 0 aliphatic heterocycles. The SMILES string of the molecule is NCC1=CC=C(O)C=CC1. The van der Waals surface area contributed by atoms with Crippen LogP contribution in [0.4, 0.5) is 0 Å². The van der Waals surface area contributed by atoms with Gasteiger partial charge in [0.1, 0.15) is 5.76 Å². The molecule has 1 rings (SSSR count). The van der Waals surface area contributed by atoms with Crippen molar-refractivity contribution in [2.75, 3.05) is 6.54 Å². The van der Waals surface area contributed by atoms with E-state index in [0.717, 1.165) is 12.0 Å². The molecule has 0 bridgehead atoms. The van der Waals surface area contributed by atoms with Gasteiger partial charge in [-0.2, -0.15) is 0 Å². The Morgan fingerprint density at radius 2 is 2.30 bits per heavy atom. The monoisotopic (exact) mass is 137 g/mol. The predicted octanol–water partition coefficient (Wildman–Crippen LogP) is 1.27. The highest BCUT2D eigenvalue weighted by molar-refractivity contribution is 5.27. The predicted molar refractivity (Wildman–Crippen MR) is 41.6 cm³/mol. The first kappa shape index (κ1) is 7.09. The number of aliphatic hydroxyl groups excluding tert-OH is 1. The fraction of sp³-hybridized carbons (Fsp3) is 0.250. The van der Waals surface area contributed by atoms with Crippen molar-refractivity contribution in [3.05, 3.63) is 35.6 Å². The zero-order valence-corrected chi connectivity index (χ0v) is 5.75. The Labute approximate surface area is 60.4 Å². The van der Waals surface area contributed by atoms with Crippen molar-refractivity contribution in [3.8, 4) is 0 Å². The molecular weight excluding hydrogens is 126 g/mol. The molecule has 0 aromatic carbocycles. The van der Waals surface area contributed by atoms with Crippen LogP contribution in [0, 0.1) is 0 Å². The second kappa shape index (κ2) is 3.22. The Kier molecular flexibility index (Phi) is 2.29. The molecule has 0 fully saturated rings. The van der Waals surface area contributed by atoms with Gasteiger partial charge < -0.3 is 10.8 Å². The number of aliphatic hydroxyl groups is 1. The van der Waals surface area contributed by atoms with Crippen LogP contribution in [0.25, 0.3) is 0 Å². The molecule has 3 N–H and O–H groups in total. The van der Waals surface area contributed by atoms with E-state index in [1.807, 2.05) is 12.2 Å². The van der Waals surface area contributed by atoms with Crippen LogP contribution in [0.5, 0.6) is 0 Å². The number of hydrogen-bond acceptors (Lipinski definition) is 2. The first-order valence-corrected chi connectivity index (χ1v) is 3.28. The lowest BCUT2D eigenvalue weighted by Gasteiger charge is -1.94. The van der Waals surface area contributed by atoms with Crippen molar-refractivity contribution in [3.63, 3.8) is 0 Å². The summed E-state index contributed by atoms with van der Waals surface area (Å²) in [6.45, 7) is 0.564. The summed E-state index contributed by atoms with van der Waals surface area (Å²) in [7, 11) is 0. The second-order valence-corrected chi connectivity index (χ2v) is 2.23. The summed E-state index contributed by atoms with van der Waals surface area (Å²) in [6.07, 6.45) is 7.94. The third-order valence-electron chi connectivity index (χ3n) is 1.42. The summed E-state index contributed by atoms with van der Waals surface area (Å²) in [5, 5.41) is 8.99. The Balaban J connectivity index is 2.74. The summed E-state index contributed by atoms with van der Waals surface area (Å²) in [6, 6.07) is 0. The molecule has 0 saturated carbocycles. The molecular formula is C8H11NO. The Morgan fingerprint density at radius 3 is 3.00 bits per heavy atom. The highest BCUT2D eigenvalue weighted by atomic mass is 16.3. The minimum atomic E-state index is 0.295. The lowest BCUT2D eigenvalue weighted by molar-refractivity contribution is 0.432. The van der Waals surface area contributed by atoms with E-state index in [-0.39, 0.29) is 0 Å². The first-order chi connectivity index (χ1) is 4.83. The molecule has 10 heavy (non-hydrogen) atoms. The van der Waals surface area contributed by atoms with Gasteiger partial charge in [0.2, 0.25) is 0 Å². The van der Waals surface area contributed by atoms with Crippen LogP contribution in [-0.2, 0) is 0 Å². The standard InChI is InChI=1S/C8H11NO/c9-6-7-2-1-3-8(10)5-4-7/h1,3-5,10H,2,6,9H2. The van der Waals surface area contributed by atoms with Gasteiger partial charge in [0, 0.05) is 6.54 Å². The molecule has 0 aromatic rings. The van der Waals surface area contributed by atoms with Crippen molar-refractivity contribution in [1.82, 2.24) is 0 Å². The summed E-state index contributed by atoms with van der Waals surface area (Å²) in [4.78, 5) is 0. The van der Waals surface area contributed by atoms with Crippen LogP contribution in [0.1, 0.15) is 6.42 Å². The normalized spacial score (nSPS) is 17.7. The van der Waals surface area contributed by atoms with Gasteiger partial charge in [0.25, 0.3) is 0 Å². The minimum absolute atomic E-state index is 0.295. The van der Waals surface area contributed by atoms with Gasteiger partial charge in [-0.25, -0.2) is 0 Å². The van der Waals surface area contributed by atoms with Gasteiger partial charge in [0.05, 0.1) is 0 Å². The molecule has 0 atom stereocenters. The van der Waals surface area contributed by atoms with E-state index >= 15 is 0 Å². The van der Waals surface area contributed by atoms with E-state index in [0.29, 0.717) is 12.3 Å². The molecule has 0 spiro atoms. The number of allylic oxidation sites excluding steroid dienone is 4. The van der Waals surface area contributed by atoms with Crippen LogP contribution < -0.4 is 5.73 Å². The molecule has 0 saturated heterocycles. The average molecular weight is 137 g/mol. The van der Waals surface area contributed by atoms with E-state index in [2.05, 4.69) is 0 Å². The van der Waals surface area contributed by atoms with E-state index in [1.165, 1.54) is 0 Å². The fourth-order valence-corrected chi connectivity index (χ4v) is 0.809. The molecule has 0 heterocycles. The number of nitrogens with two attached hydrogens (primary N) is 1. The van der Waals surface area contributed by atoms with Crippen molar-refractivity contribution in [2.24, 2.45) is 5.73 Å². The zero-order valence-electron chi connectivity index (χ0n) is 5.75. The summed E-state index contributed by atoms with van der Waals surface area (Å²) in [5.74, 6) is 0.295. The van der Waals surface area contributed by atoms with E-state index in [1.54, 1.807) is 12.2 Å². The molecule has 0 radical (unpaired) electrons. The first-order valence-electron chi connectivity index (χ1n) is 3.28. The molecule has 2 heteroatoms. The lowest BCUT2D eigenvalue weighted by Crippen LogP contribution is -2.01. The van der Waals surface area contributed by atoms with Gasteiger partial charge in [-0.1, -0.05) is 17.7 Å².